The number of amides is 1. The van der Waals surface area contributed by atoms with Gasteiger partial charge in [-0.2, -0.15) is 0 Å². The lowest BCUT2D eigenvalue weighted by Crippen LogP contribution is -2.48. The molecule has 4 nitrogen and oxygen atoms in total. The molecule has 0 bridgehead atoms. The number of para-hydroxylation sites is 2. The van der Waals surface area contributed by atoms with Gasteiger partial charge in [0.25, 0.3) is 5.91 Å². The highest BCUT2D eigenvalue weighted by atomic mass is 16.5. The van der Waals surface area contributed by atoms with Crippen LogP contribution >= 0.6 is 0 Å². The summed E-state index contributed by atoms with van der Waals surface area (Å²) in [5, 5.41) is 3.48. The highest BCUT2D eigenvalue weighted by Crippen LogP contribution is 2.31. The van der Waals surface area contributed by atoms with E-state index in [0.717, 1.165) is 30.9 Å². The quantitative estimate of drug-likeness (QED) is 0.861. The van der Waals surface area contributed by atoms with Crippen LogP contribution in [0.25, 0.3) is 0 Å². The summed E-state index contributed by atoms with van der Waals surface area (Å²) in [4.78, 5) is 13.9. The van der Waals surface area contributed by atoms with Crippen molar-refractivity contribution in [3.05, 3.63) is 24.3 Å². The molecule has 0 radical (unpaired) electrons. The third-order valence-corrected chi connectivity index (χ3v) is 3.62. The van der Waals surface area contributed by atoms with Crippen LogP contribution in [0.5, 0.6) is 5.75 Å². The Morgan fingerprint density at radius 2 is 2.22 bits per heavy atom. The maximum Gasteiger partial charge on any atom is 0.265 e. The Morgan fingerprint density at radius 3 is 3.06 bits per heavy atom. The second kappa shape index (κ2) is 4.98. The number of hydrogen-bond donors (Lipinski definition) is 1. The molecular weight excluding hydrogens is 228 g/mol. The van der Waals surface area contributed by atoms with Gasteiger partial charge < -0.3 is 15.0 Å². The summed E-state index contributed by atoms with van der Waals surface area (Å²) in [5.41, 5.74) is 0.904. The van der Waals surface area contributed by atoms with Crippen molar-refractivity contribution in [3.8, 4) is 5.75 Å². The van der Waals surface area contributed by atoms with E-state index in [1.807, 2.05) is 29.2 Å². The van der Waals surface area contributed by atoms with Gasteiger partial charge in [0, 0.05) is 12.6 Å². The van der Waals surface area contributed by atoms with Crippen molar-refractivity contribution in [1.29, 1.82) is 0 Å². The van der Waals surface area contributed by atoms with Crippen molar-refractivity contribution in [2.24, 2.45) is 0 Å². The molecule has 0 aromatic heterocycles. The maximum absolute atomic E-state index is 12.0. The van der Waals surface area contributed by atoms with E-state index >= 15 is 0 Å². The first-order chi connectivity index (χ1) is 8.84. The predicted octanol–water partition coefficient (Wildman–Crippen LogP) is 1.55. The normalized spacial score (nSPS) is 23.4. The number of rotatable bonds is 2. The summed E-state index contributed by atoms with van der Waals surface area (Å²) in [7, 11) is 0. The molecule has 2 heterocycles. The summed E-state index contributed by atoms with van der Waals surface area (Å²) in [5.74, 6) is 0.869. The lowest BCUT2D eigenvalue weighted by Gasteiger charge is -2.34. The van der Waals surface area contributed by atoms with Gasteiger partial charge in [0.05, 0.1) is 5.69 Å². The number of benzene rings is 1. The number of ether oxygens (including phenoxy) is 1. The molecule has 96 valence electrons. The van der Waals surface area contributed by atoms with Crippen LogP contribution < -0.4 is 15.0 Å². The van der Waals surface area contributed by atoms with Crippen LogP contribution in [0.3, 0.4) is 0 Å². The summed E-state index contributed by atoms with van der Waals surface area (Å²) in [6.45, 7) is 1.97. The number of anilines is 1. The molecule has 1 aromatic rings. The Bertz CT molecular complexity index is 441. The molecule has 3 rings (SSSR count). The van der Waals surface area contributed by atoms with Crippen LogP contribution in [-0.2, 0) is 4.79 Å². The molecule has 18 heavy (non-hydrogen) atoms. The number of nitrogens with zero attached hydrogens (tertiary/aromatic N) is 1. The van der Waals surface area contributed by atoms with E-state index in [1.54, 1.807) is 0 Å². The molecule has 1 atom stereocenters. The van der Waals surface area contributed by atoms with Crippen molar-refractivity contribution >= 4 is 11.6 Å². The topological polar surface area (TPSA) is 41.6 Å². The average molecular weight is 246 g/mol. The summed E-state index contributed by atoms with van der Waals surface area (Å²) in [6, 6.07) is 8.17. The predicted molar refractivity (Wildman–Crippen MR) is 69.9 cm³/mol. The molecule has 2 aliphatic heterocycles. The zero-order chi connectivity index (χ0) is 12.4. The van der Waals surface area contributed by atoms with E-state index in [0.29, 0.717) is 6.04 Å². The molecule has 2 aliphatic rings. The molecule has 0 aliphatic carbocycles. The summed E-state index contributed by atoms with van der Waals surface area (Å²) < 4.78 is 5.44. The van der Waals surface area contributed by atoms with E-state index in [4.69, 9.17) is 4.74 Å². The maximum atomic E-state index is 12.0. The Kier molecular flexibility index (Phi) is 3.19. The summed E-state index contributed by atoms with van der Waals surface area (Å²) in [6.07, 6.45) is 3.63. The Labute approximate surface area is 107 Å². The molecule has 4 heteroatoms. The first-order valence-corrected chi connectivity index (χ1v) is 6.60. The van der Waals surface area contributed by atoms with Gasteiger partial charge in [-0.25, -0.2) is 0 Å². The van der Waals surface area contributed by atoms with E-state index < -0.39 is 0 Å². The van der Waals surface area contributed by atoms with Crippen molar-refractivity contribution in [2.75, 3.05) is 24.6 Å². The van der Waals surface area contributed by atoms with Gasteiger partial charge in [-0.3, -0.25) is 4.79 Å². The zero-order valence-electron chi connectivity index (χ0n) is 10.4. The number of fused-ring (bicyclic) bond motifs is 1. The SMILES string of the molecule is O=C1COc2ccccc2N1CC1CCCCN1. The average Bonchev–Trinajstić information content (AvgIpc) is 2.43. The fourth-order valence-electron chi connectivity index (χ4n) is 2.65. The smallest absolute Gasteiger partial charge is 0.265 e. The molecular formula is C14H18N2O2. The number of nitrogens with one attached hydrogen (secondary N) is 1. The fraction of sp³-hybridized carbons (Fsp3) is 0.500. The van der Waals surface area contributed by atoms with Crippen molar-refractivity contribution in [2.45, 2.75) is 25.3 Å². The zero-order valence-corrected chi connectivity index (χ0v) is 10.4. The molecule has 1 fully saturated rings. The van der Waals surface area contributed by atoms with Crippen LogP contribution in [-0.4, -0.2) is 31.6 Å². The minimum Gasteiger partial charge on any atom is -0.482 e. The van der Waals surface area contributed by atoms with Crippen molar-refractivity contribution in [1.82, 2.24) is 5.32 Å². The number of hydrogen-bond acceptors (Lipinski definition) is 3. The van der Waals surface area contributed by atoms with E-state index in [-0.39, 0.29) is 12.5 Å². The first-order valence-electron chi connectivity index (χ1n) is 6.60. The lowest BCUT2D eigenvalue weighted by atomic mass is 10.0. The molecule has 1 aromatic carbocycles. The largest absolute Gasteiger partial charge is 0.482 e. The van der Waals surface area contributed by atoms with Crippen LogP contribution in [0.4, 0.5) is 5.69 Å². The van der Waals surface area contributed by atoms with Gasteiger partial charge in [-0.15, -0.1) is 0 Å². The van der Waals surface area contributed by atoms with Crippen LogP contribution in [0.1, 0.15) is 19.3 Å². The molecule has 1 saturated heterocycles. The Hall–Kier alpha value is -1.55. The van der Waals surface area contributed by atoms with E-state index in [9.17, 15) is 4.79 Å². The third-order valence-electron chi connectivity index (χ3n) is 3.62. The lowest BCUT2D eigenvalue weighted by molar-refractivity contribution is -0.121. The molecule has 1 unspecified atom stereocenters. The minimum absolute atomic E-state index is 0.0565. The van der Waals surface area contributed by atoms with Crippen molar-refractivity contribution in [3.63, 3.8) is 0 Å². The Morgan fingerprint density at radius 1 is 1.33 bits per heavy atom. The number of carbonyl (C=O) groups excluding carboxylic acids is 1. The molecule has 1 amide bonds. The first kappa shape index (κ1) is 11.5. The molecule has 0 saturated carbocycles. The second-order valence-corrected chi connectivity index (χ2v) is 4.91. The third kappa shape index (κ3) is 2.20. The fourth-order valence-corrected chi connectivity index (χ4v) is 2.65. The van der Waals surface area contributed by atoms with E-state index in [1.165, 1.54) is 12.8 Å². The monoisotopic (exact) mass is 246 g/mol. The molecule has 0 spiro atoms. The van der Waals surface area contributed by atoms with Crippen LogP contribution in [0, 0.1) is 0 Å². The Balaban J connectivity index is 1.79. The van der Waals surface area contributed by atoms with Gasteiger partial charge in [-0.1, -0.05) is 18.6 Å². The van der Waals surface area contributed by atoms with Gasteiger partial charge in [0.15, 0.2) is 6.61 Å². The molecule has 1 N–H and O–H groups in total. The number of piperidine rings is 1. The highest BCUT2D eigenvalue weighted by molar-refractivity contribution is 5.97. The van der Waals surface area contributed by atoms with Gasteiger partial charge in [0.2, 0.25) is 0 Å². The number of carbonyl (C=O) groups is 1. The second-order valence-electron chi connectivity index (χ2n) is 4.91. The van der Waals surface area contributed by atoms with Gasteiger partial charge in [-0.05, 0) is 31.5 Å². The summed E-state index contributed by atoms with van der Waals surface area (Å²) >= 11 is 0. The van der Waals surface area contributed by atoms with Crippen LogP contribution in [0.2, 0.25) is 0 Å². The van der Waals surface area contributed by atoms with Gasteiger partial charge in [0.1, 0.15) is 5.75 Å². The van der Waals surface area contributed by atoms with Gasteiger partial charge >= 0.3 is 0 Å². The van der Waals surface area contributed by atoms with Crippen LogP contribution in [0.15, 0.2) is 24.3 Å². The van der Waals surface area contributed by atoms with E-state index in [2.05, 4.69) is 5.32 Å². The van der Waals surface area contributed by atoms with Crippen molar-refractivity contribution < 1.29 is 9.53 Å². The highest BCUT2D eigenvalue weighted by Gasteiger charge is 2.27. The standard InChI is InChI=1S/C14H18N2O2/c17-14-10-18-13-7-2-1-6-12(13)16(14)9-11-5-3-4-8-15-11/h1-2,6-7,11,15H,3-5,8-10H2. The minimum atomic E-state index is 0.0565.